The van der Waals surface area contributed by atoms with Crippen molar-refractivity contribution in [2.75, 3.05) is 25.5 Å². The number of ether oxygens (including phenoxy) is 2. The quantitative estimate of drug-likeness (QED) is 0.599. The van der Waals surface area contributed by atoms with Gasteiger partial charge in [-0.2, -0.15) is 0 Å². The van der Waals surface area contributed by atoms with Crippen LogP contribution >= 0.6 is 11.6 Å². The highest BCUT2D eigenvalue weighted by molar-refractivity contribution is 6.18. The van der Waals surface area contributed by atoms with Crippen molar-refractivity contribution >= 4 is 17.3 Å². The monoisotopic (exact) mass is 201 g/mol. The van der Waals surface area contributed by atoms with E-state index in [1.54, 1.807) is 14.2 Å². The third-order valence-electron chi connectivity index (χ3n) is 1.66. The fraction of sp³-hybridized carbons (Fsp3) is 0.333. The molecule has 3 nitrogen and oxygen atoms in total. The van der Waals surface area contributed by atoms with Crippen molar-refractivity contribution in [3.05, 3.63) is 18.2 Å². The van der Waals surface area contributed by atoms with Crippen molar-refractivity contribution in [3.63, 3.8) is 0 Å². The molecule has 0 saturated heterocycles. The van der Waals surface area contributed by atoms with Crippen LogP contribution in [0.2, 0.25) is 0 Å². The fourth-order valence-electron chi connectivity index (χ4n) is 1.02. The number of benzene rings is 1. The summed E-state index contributed by atoms with van der Waals surface area (Å²) in [7, 11) is 3.23. The second-order valence-electron chi connectivity index (χ2n) is 2.38. The summed E-state index contributed by atoms with van der Waals surface area (Å²) >= 11 is 5.55. The molecule has 1 rings (SSSR count). The van der Waals surface area contributed by atoms with Crippen LogP contribution in [0, 0.1) is 0 Å². The summed E-state index contributed by atoms with van der Waals surface area (Å²) in [5, 5.41) is 2.96. The maximum atomic E-state index is 5.55. The van der Waals surface area contributed by atoms with E-state index in [1.807, 2.05) is 18.2 Å². The molecule has 0 aliphatic carbocycles. The van der Waals surface area contributed by atoms with Gasteiger partial charge in [-0.1, -0.05) is 0 Å². The lowest BCUT2D eigenvalue weighted by atomic mass is 10.3. The van der Waals surface area contributed by atoms with Crippen LogP contribution in [0.1, 0.15) is 0 Å². The van der Waals surface area contributed by atoms with Crippen LogP contribution in [0.3, 0.4) is 0 Å². The summed E-state index contributed by atoms with van der Waals surface area (Å²) in [6, 6.07) is 5.83. The molecule has 0 heterocycles. The SMILES string of the molecule is COc1ccc(OC)c(NCCl)c1. The van der Waals surface area contributed by atoms with Gasteiger partial charge in [0.05, 0.1) is 25.9 Å². The second kappa shape index (κ2) is 4.82. The first-order valence-corrected chi connectivity index (χ1v) is 4.37. The Hall–Kier alpha value is -1.09. The zero-order valence-electron chi connectivity index (χ0n) is 7.63. The van der Waals surface area contributed by atoms with E-state index < -0.39 is 0 Å². The molecule has 0 spiro atoms. The lowest BCUT2D eigenvalue weighted by molar-refractivity contribution is 0.404. The maximum Gasteiger partial charge on any atom is 0.142 e. The number of alkyl halides is 1. The number of hydrogen-bond donors (Lipinski definition) is 1. The summed E-state index contributed by atoms with van der Waals surface area (Å²) in [5.74, 6) is 1.52. The van der Waals surface area contributed by atoms with E-state index in [1.165, 1.54) is 0 Å². The van der Waals surface area contributed by atoms with E-state index in [9.17, 15) is 0 Å². The van der Waals surface area contributed by atoms with Crippen LogP contribution in [0.4, 0.5) is 5.69 Å². The highest BCUT2D eigenvalue weighted by Gasteiger charge is 2.02. The lowest BCUT2D eigenvalue weighted by Gasteiger charge is -2.10. The van der Waals surface area contributed by atoms with Crippen LogP contribution in [0.25, 0.3) is 0 Å². The average molecular weight is 202 g/mol. The number of hydrogen-bond acceptors (Lipinski definition) is 3. The van der Waals surface area contributed by atoms with Gasteiger partial charge in [-0.25, -0.2) is 0 Å². The Labute approximate surface area is 82.6 Å². The zero-order valence-corrected chi connectivity index (χ0v) is 8.39. The average Bonchev–Trinajstić information content (AvgIpc) is 2.18. The van der Waals surface area contributed by atoms with E-state index in [0.29, 0.717) is 6.00 Å². The number of anilines is 1. The summed E-state index contributed by atoms with van der Waals surface area (Å²) in [5.41, 5.74) is 0.830. The van der Waals surface area contributed by atoms with Gasteiger partial charge in [-0.05, 0) is 12.1 Å². The van der Waals surface area contributed by atoms with E-state index in [0.717, 1.165) is 17.2 Å². The van der Waals surface area contributed by atoms with Gasteiger partial charge in [0, 0.05) is 6.07 Å². The molecule has 4 heteroatoms. The Morgan fingerprint density at radius 1 is 1.31 bits per heavy atom. The van der Waals surface area contributed by atoms with E-state index in [-0.39, 0.29) is 0 Å². The Morgan fingerprint density at radius 2 is 2.08 bits per heavy atom. The minimum Gasteiger partial charge on any atom is -0.497 e. The minimum atomic E-state index is 0.337. The normalized spacial score (nSPS) is 9.46. The first-order chi connectivity index (χ1) is 6.31. The number of methoxy groups -OCH3 is 2. The highest BCUT2D eigenvalue weighted by Crippen LogP contribution is 2.28. The molecule has 1 aromatic rings. The van der Waals surface area contributed by atoms with Gasteiger partial charge in [-0.15, -0.1) is 11.6 Å². The Bertz CT molecular complexity index is 278. The van der Waals surface area contributed by atoms with Crippen molar-refractivity contribution in [1.82, 2.24) is 0 Å². The first kappa shape index (κ1) is 9.99. The molecule has 0 aromatic heterocycles. The Balaban J connectivity index is 2.95. The lowest BCUT2D eigenvalue weighted by Crippen LogP contribution is -1.98. The van der Waals surface area contributed by atoms with Gasteiger partial charge >= 0.3 is 0 Å². The molecule has 0 aliphatic rings. The van der Waals surface area contributed by atoms with E-state index in [4.69, 9.17) is 21.1 Å². The predicted molar refractivity (Wildman–Crippen MR) is 53.9 cm³/mol. The van der Waals surface area contributed by atoms with Crippen LogP contribution in [0.5, 0.6) is 11.5 Å². The smallest absolute Gasteiger partial charge is 0.142 e. The van der Waals surface area contributed by atoms with Gasteiger partial charge < -0.3 is 14.8 Å². The Morgan fingerprint density at radius 3 is 2.62 bits per heavy atom. The molecule has 1 aromatic carbocycles. The van der Waals surface area contributed by atoms with Crippen LogP contribution in [-0.2, 0) is 0 Å². The van der Waals surface area contributed by atoms with Gasteiger partial charge in [0.15, 0.2) is 0 Å². The minimum absolute atomic E-state index is 0.337. The fourth-order valence-corrected chi connectivity index (χ4v) is 1.17. The topological polar surface area (TPSA) is 30.5 Å². The van der Waals surface area contributed by atoms with Crippen molar-refractivity contribution in [1.29, 1.82) is 0 Å². The van der Waals surface area contributed by atoms with E-state index in [2.05, 4.69) is 5.32 Å². The number of nitrogens with one attached hydrogen (secondary N) is 1. The molecule has 0 unspecified atom stereocenters. The predicted octanol–water partition coefficient (Wildman–Crippen LogP) is 2.31. The van der Waals surface area contributed by atoms with Crippen LogP contribution in [0.15, 0.2) is 18.2 Å². The highest BCUT2D eigenvalue weighted by atomic mass is 35.5. The van der Waals surface area contributed by atoms with Gasteiger partial charge in [0.25, 0.3) is 0 Å². The van der Waals surface area contributed by atoms with Gasteiger partial charge in [-0.3, -0.25) is 0 Å². The van der Waals surface area contributed by atoms with Crippen molar-refractivity contribution < 1.29 is 9.47 Å². The summed E-state index contributed by atoms with van der Waals surface area (Å²) in [6.45, 7) is 0. The third-order valence-corrected chi connectivity index (χ3v) is 1.80. The largest absolute Gasteiger partial charge is 0.497 e. The molecule has 0 aliphatic heterocycles. The first-order valence-electron chi connectivity index (χ1n) is 3.83. The molecule has 72 valence electrons. The number of rotatable bonds is 4. The van der Waals surface area contributed by atoms with Crippen molar-refractivity contribution in [3.8, 4) is 11.5 Å². The number of halogens is 1. The summed E-state index contributed by atoms with van der Waals surface area (Å²) < 4.78 is 10.2. The summed E-state index contributed by atoms with van der Waals surface area (Å²) in [4.78, 5) is 0. The molecule has 13 heavy (non-hydrogen) atoms. The summed E-state index contributed by atoms with van der Waals surface area (Å²) in [6.07, 6.45) is 0. The zero-order chi connectivity index (χ0) is 9.68. The molecule has 0 atom stereocenters. The molecule has 1 N–H and O–H groups in total. The molecular formula is C9H12ClNO2. The van der Waals surface area contributed by atoms with Gasteiger partial charge in [0.1, 0.15) is 11.5 Å². The van der Waals surface area contributed by atoms with Crippen LogP contribution in [-0.4, -0.2) is 20.2 Å². The van der Waals surface area contributed by atoms with Crippen LogP contribution < -0.4 is 14.8 Å². The molecular weight excluding hydrogens is 190 g/mol. The maximum absolute atomic E-state index is 5.55. The molecule has 0 bridgehead atoms. The molecule has 0 amide bonds. The second-order valence-corrected chi connectivity index (χ2v) is 2.64. The Kier molecular flexibility index (Phi) is 3.71. The molecule has 0 fully saturated rings. The van der Waals surface area contributed by atoms with Gasteiger partial charge in [0.2, 0.25) is 0 Å². The molecule has 0 radical (unpaired) electrons. The van der Waals surface area contributed by atoms with Crippen molar-refractivity contribution in [2.45, 2.75) is 0 Å². The third kappa shape index (κ3) is 2.42. The van der Waals surface area contributed by atoms with E-state index >= 15 is 0 Å². The molecule has 0 saturated carbocycles. The van der Waals surface area contributed by atoms with Crippen molar-refractivity contribution in [2.24, 2.45) is 0 Å². The standard InChI is InChI=1S/C9H12ClNO2/c1-12-7-3-4-9(13-2)8(5-7)11-6-10/h3-5,11H,6H2,1-2H3.